The summed E-state index contributed by atoms with van der Waals surface area (Å²) in [6, 6.07) is 2.85. The Morgan fingerprint density at radius 1 is 1.08 bits per heavy atom. The van der Waals surface area contributed by atoms with E-state index in [0.717, 1.165) is 50.7 Å². The van der Waals surface area contributed by atoms with Gasteiger partial charge in [0.2, 0.25) is 17.7 Å². The van der Waals surface area contributed by atoms with Gasteiger partial charge in [0.1, 0.15) is 11.9 Å². The van der Waals surface area contributed by atoms with E-state index in [0.29, 0.717) is 23.8 Å². The van der Waals surface area contributed by atoms with Gasteiger partial charge in [-0.05, 0) is 76.7 Å². The van der Waals surface area contributed by atoms with Gasteiger partial charge in [0.25, 0.3) is 0 Å². The van der Waals surface area contributed by atoms with Crippen molar-refractivity contribution in [3.8, 4) is 0 Å². The molecule has 1 aromatic carbocycles. The van der Waals surface area contributed by atoms with Crippen LogP contribution in [0.4, 0.5) is 10.1 Å². The highest BCUT2D eigenvalue weighted by Gasteiger charge is 2.49. The molecule has 4 aliphatic heterocycles. The third-order valence-electron chi connectivity index (χ3n) is 8.57. The van der Waals surface area contributed by atoms with E-state index in [1.807, 2.05) is 19.9 Å². The predicted octanol–water partition coefficient (Wildman–Crippen LogP) is 1.76. The Balaban J connectivity index is 1.31. The number of amides is 3. The first kappa shape index (κ1) is 25.3. The van der Waals surface area contributed by atoms with Gasteiger partial charge in [-0.3, -0.25) is 34.4 Å². The molecule has 0 aromatic heterocycles. The molecular weight excluding hydrogens is 461 g/mol. The van der Waals surface area contributed by atoms with E-state index in [9.17, 15) is 14.4 Å². The molecule has 0 aliphatic carbocycles. The van der Waals surface area contributed by atoms with E-state index in [2.05, 4.69) is 27.4 Å². The summed E-state index contributed by atoms with van der Waals surface area (Å²) in [6.07, 6.45) is 2.88. The van der Waals surface area contributed by atoms with Crippen LogP contribution in [-0.4, -0.2) is 78.9 Å². The second kappa shape index (κ2) is 9.84. The van der Waals surface area contributed by atoms with Gasteiger partial charge in [-0.1, -0.05) is 0 Å². The van der Waals surface area contributed by atoms with Crippen molar-refractivity contribution in [3.63, 3.8) is 0 Å². The van der Waals surface area contributed by atoms with Crippen molar-refractivity contribution in [3.05, 3.63) is 29.1 Å². The molecule has 9 heteroatoms. The van der Waals surface area contributed by atoms with Crippen LogP contribution in [0.15, 0.2) is 12.1 Å². The zero-order valence-corrected chi connectivity index (χ0v) is 21.6. The number of piperazine rings is 1. The van der Waals surface area contributed by atoms with Crippen LogP contribution in [0.2, 0.25) is 0 Å². The van der Waals surface area contributed by atoms with Crippen LogP contribution in [-0.2, 0) is 26.3 Å². The van der Waals surface area contributed by atoms with Crippen LogP contribution in [0.5, 0.6) is 0 Å². The molecule has 0 spiro atoms. The lowest BCUT2D eigenvalue weighted by Crippen LogP contribution is -2.55. The number of nitrogens with zero attached hydrogens (tertiary/aromatic N) is 3. The van der Waals surface area contributed by atoms with Crippen molar-refractivity contribution in [2.75, 3.05) is 44.2 Å². The quantitative estimate of drug-likeness (QED) is 0.601. The molecule has 3 fully saturated rings. The number of piperidine rings is 2. The maximum atomic E-state index is 15.4. The summed E-state index contributed by atoms with van der Waals surface area (Å²) in [5.74, 6) is -0.676. The summed E-state index contributed by atoms with van der Waals surface area (Å²) in [5.41, 5.74) is 0.895. The summed E-state index contributed by atoms with van der Waals surface area (Å²) >= 11 is 0. The topological polar surface area (TPSA) is 85.0 Å². The number of halogens is 1. The minimum absolute atomic E-state index is 0.165. The number of nitrogens with one attached hydrogen (secondary N) is 2. The van der Waals surface area contributed by atoms with Crippen molar-refractivity contribution in [2.24, 2.45) is 5.92 Å². The van der Waals surface area contributed by atoms with Gasteiger partial charge in [0.15, 0.2) is 0 Å². The van der Waals surface area contributed by atoms with Crippen molar-refractivity contribution in [1.29, 1.82) is 0 Å². The molecular formula is C27H38FN5O3. The second-order valence-corrected chi connectivity index (χ2v) is 11.5. The van der Waals surface area contributed by atoms with E-state index >= 15 is 4.39 Å². The van der Waals surface area contributed by atoms with Gasteiger partial charge in [-0.2, -0.15) is 0 Å². The van der Waals surface area contributed by atoms with Gasteiger partial charge >= 0.3 is 0 Å². The largest absolute Gasteiger partial charge is 0.317 e. The summed E-state index contributed by atoms with van der Waals surface area (Å²) < 4.78 is 15.4. The highest BCUT2D eigenvalue weighted by molar-refractivity contribution is 6.13. The Morgan fingerprint density at radius 3 is 2.53 bits per heavy atom. The average molecular weight is 500 g/mol. The van der Waals surface area contributed by atoms with E-state index < -0.39 is 17.4 Å². The second-order valence-electron chi connectivity index (χ2n) is 11.5. The van der Waals surface area contributed by atoms with Gasteiger partial charge in [0.05, 0.1) is 11.1 Å². The Labute approximate surface area is 212 Å². The molecule has 2 atom stereocenters. The molecule has 3 amide bonds. The fourth-order valence-electron chi connectivity index (χ4n) is 6.31. The summed E-state index contributed by atoms with van der Waals surface area (Å²) in [6.45, 7) is 12.5. The standard InChI is InChI=1S/C27H38FN5O3/c1-17-14-31(10-11-32(17)15-18-6-8-29-9-7-18)16-19-12-20-23(13-21(19)28)33(26(36)27(20,2)3)22-4-5-24(34)30-25(22)35/h12-13,17-18,22,29H,4-11,14-16H2,1-3H3,(H,30,34,35)/t17-,22?/m0/s1. The molecule has 4 heterocycles. The zero-order valence-electron chi connectivity index (χ0n) is 21.6. The molecule has 0 saturated carbocycles. The lowest BCUT2D eigenvalue weighted by Gasteiger charge is -2.42. The number of benzene rings is 1. The number of imide groups is 1. The zero-order chi connectivity index (χ0) is 25.6. The normalized spacial score (nSPS) is 27.9. The molecule has 0 radical (unpaired) electrons. The molecule has 1 unspecified atom stereocenters. The minimum Gasteiger partial charge on any atom is -0.317 e. The van der Waals surface area contributed by atoms with Crippen molar-refractivity contribution in [1.82, 2.24) is 20.4 Å². The number of hydrogen-bond donors (Lipinski definition) is 2. The van der Waals surface area contributed by atoms with Gasteiger partial charge in [0, 0.05) is 50.7 Å². The molecule has 0 bridgehead atoms. The number of fused-ring (bicyclic) bond motifs is 1. The third-order valence-corrected chi connectivity index (χ3v) is 8.57. The van der Waals surface area contributed by atoms with Crippen LogP contribution < -0.4 is 15.5 Å². The Morgan fingerprint density at radius 2 is 1.83 bits per heavy atom. The SMILES string of the molecule is C[C@H]1CN(Cc2cc3c(cc2F)N(C2CCC(=O)NC2=O)C(=O)C3(C)C)CCN1CC1CCNCC1. The molecule has 2 N–H and O–H groups in total. The number of carbonyl (C=O) groups is 3. The molecule has 1 aromatic rings. The minimum atomic E-state index is -0.875. The lowest BCUT2D eigenvalue weighted by molar-refractivity contribution is -0.136. The van der Waals surface area contributed by atoms with Gasteiger partial charge in [-0.15, -0.1) is 0 Å². The predicted molar refractivity (Wildman–Crippen MR) is 135 cm³/mol. The number of anilines is 1. The first-order valence-electron chi connectivity index (χ1n) is 13.3. The smallest absolute Gasteiger partial charge is 0.249 e. The number of rotatable bonds is 5. The highest BCUT2D eigenvalue weighted by atomic mass is 19.1. The molecule has 8 nitrogen and oxygen atoms in total. The Bertz CT molecular complexity index is 1050. The van der Waals surface area contributed by atoms with Crippen molar-refractivity contribution < 1.29 is 18.8 Å². The van der Waals surface area contributed by atoms with E-state index in [1.165, 1.54) is 23.8 Å². The van der Waals surface area contributed by atoms with Crippen LogP contribution in [0.25, 0.3) is 0 Å². The highest BCUT2D eigenvalue weighted by Crippen LogP contribution is 2.44. The maximum absolute atomic E-state index is 15.4. The van der Waals surface area contributed by atoms with Crippen molar-refractivity contribution >= 4 is 23.4 Å². The first-order valence-corrected chi connectivity index (χ1v) is 13.3. The van der Waals surface area contributed by atoms with Crippen LogP contribution in [0, 0.1) is 11.7 Å². The molecule has 36 heavy (non-hydrogen) atoms. The fraction of sp³-hybridized carbons (Fsp3) is 0.667. The number of hydrogen-bond acceptors (Lipinski definition) is 6. The molecule has 3 saturated heterocycles. The monoisotopic (exact) mass is 499 g/mol. The average Bonchev–Trinajstić information content (AvgIpc) is 3.02. The Kier molecular flexibility index (Phi) is 6.91. The van der Waals surface area contributed by atoms with E-state index in [-0.39, 0.29) is 30.5 Å². The summed E-state index contributed by atoms with van der Waals surface area (Å²) in [5, 5.41) is 5.75. The van der Waals surface area contributed by atoms with Gasteiger partial charge in [-0.25, -0.2) is 4.39 Å². The molecule has 4 aliphatic rings. The fourth-order valence-corrected chi connectivity index (χ4v) is 6.31. The number of carbonyl (C=O) groups excluding carboxylic acids is 3. The van der Waals surface area contributed by atoms with Crippen LogP contribution in [0.1, 0.15) is 57.6 Å². The molecule has 196 valence electrons. The van der Waals surface area contributed by atoms with Crippen LogP contribution in [0.3, 0.4) is 0 Å². The molecule has 5 rings (SSSR count). The van der Waals surface area contributed by atoms with Crippen LogP contribution >= 0.6 is 0 Å². The first-order chi connectivity index (χ1) is 17.1. The lowest BCUT2D eigenvalue weighted by atomic mass is 9.85. The maximum Gasteiger partial charge on any atom is 0.249 e. The van der Waals surface area contributed by atoms with E-state index in [1.54, 1.807) is 0 Å². The van der Waals surface area contributed by atoms with Crippen molar-refractivity contribution in [2.45, 2.75) is 70.5 Å². The Hall–Kier alpha value is -2.36. The van der Waals surface area contributed by atoms with E-state index in [4.69, 9.17) is 0 Å². The third kappa shape index (κ3) is 4.68. The summed E-state index contributed by atoms with van der Waals surface area (Å²) in [4.78, 5) is 43.8. The van der Waals surface area contributed by atoms with Gasteiger partial charge < -0.3 is 5.32 Å². The summed E-state index contributed by atoms with van der Waals surface area (Å²) in [7, 11) is 0.